The highest BCUT2D eigenvalue weighted by molar-refractivity contribution is 5.92. The number of likely N-dealkylation sites (N-methyl/N-ethyl adjacent to an activating group) is 1. The number of carboxylic acids is 1. The van der Waals surface area contributed by atoms with Crippen LogP contribution in [-0.4, -0.2) is 51.3 Å². The van der Waals surface area contributed by atoms with Crippen LogP contribution in [0.3, 0.4) is 0 Å². The predicted octanol–water partition coefficient (Wildman–Crippen LogP) is 1.29. The first-order valence-corrected chi connectivity index (χ1v) is 6.82. The third kappa shape index (κ3) is 4.56. The summed E-state index contributed by atoms with van der Waals surface area (Å²) in [7, 11) is 1.60. The first kappa shape index (κ1) is 17.2. The van der Waals surface area contributed by atoms with E-state index in [1.807, 2.05) is 27.7 Å². The van der Waals surface area contributed by atoms with Crippen LogP contribution in [0.25, 0.3) is 0 Å². The molecule has 0 saturated heterocycles. The van der Waals surface area contributed by atoms with Gasteiger partial charge in [-0.2, -0.15) is 5.10 Å². The summed E-state index contributed by atoms with van der Waals surface area (Å²) in [6.07, 6.45) is 0. The summed E-state index contributed by atoms with van der Waals surface area (Å²) >= 11 is 0. The third-order valence-corrected chi connectivity index (χ3v) is 3.15. The minimum absolute atomic E-state index is 0.00182. The summed E-state index contributed by atoms with van der Waals surface area (Å²) in [6, 6.07) is 1.08. The fourth-order valence-electron chi connectivity index (χ4n) is 1.83. The van der Waals surface area contributed by atoms with Gasteiger partial charge in [-0.1, -0.05) is 0 Å². The number of hydrogen-bond acceptors (Lipinski definition) is 4. The number of nitrogens with one attached hydrogen (secondary N) is 1. The number of carbonyl (C=O) groups excluding carboxylic acids is 1. The molecule has 2 N–H and O–H groups in total. The van der Waals surface area contributed by atoms with E-state index in [4.69, 9.17) is 5.11 Å². The molecule has 118 valence electrons. The Balaban J connectivity index is 2.78. The molecule has 0 radical (unpaired) electrons. The standard InChI is InChI=1S/C14H24N4O3/c1-9-7-11(18(16-9)14(3,4)5)15-12(19)8-17(6)10(2)13(20)21/h7,10H,8H2,1-6H3,(H,15,19)(H,20,21). The molecule has 21 heavy (non-hydrogen) atoms. The topological polar surface area (TPSA) is 87.5 Å². The van der Waals surface area contributed by atoms with Crippen molar-refractivity contribution in [3.8, 4) is 0 Å². The average molecular weight is 296 g/mol. The zero-order valence-electron chi connectivity index (χ0n) is 13.5. The number of nitrogens with zero attached hydrogens (tertiary/aromatic N) is 3. The van der Waals surface area contributed by atoms with E-state index >= 15 is 0 Å². The molecule has 1 aromatic heterocycles. The lowest BCUT2D eigenvalue weighted by molar-refractivity contribution is -0.142. The van der Waals surface area contributed by atoms with Crippen molar-refractivity contribution in [2.24, 2.45) is 0 Å². The Kier molecular flexibility index (Phi) is 5.11. The highest BCUT2D eigenvalue weighted by Gasteiger charge is 2.22. The summed E-state index contributed by atoms with van der Waals surface area (Å²) in [5, 5.41) is 16.1. The van der Waals surface area contributed by atoms with Crippen LogP contribution in [0.5, 0.6) is 0 Å². The smallest absolute Gasteiger partial charge is 0.320 e. The van der Waals surface area contributed by atoms with Gasteiger partial charge in [-0.25, -0.2) is 4.68 Å². The second kappa shape index (κ2) is 6.26. The van der Waals surface area contributed by atoms with E-state index in [2.05, 4.69) is 10.4 Å². The van der Waals surface area contributed by atoms with Crippen LogP contribution in [0.1, 0.15) is 33.4 Å². The van der Waals surface area contributed by atoms with Crippen molar-refractivity contribution in [1.82, 2.24) is 14.7 Å². The van der Waals surface area contributed by atoms with Crippen molar-refractivity contribution in [3.63, 3.8) is 0 Å². The molecule has 7 heteroatoms. The van der Waals surface area contributed by atoms with Gasteiger partial charge >= 0.3 is 5.97 Å². The van der Waals surface area contributed by atoms with Gasteiger partial charge in [-0.3, -0.25) is 14.5 Å². The van der Waals surface area contributed by atoms with E-state index in [1.165, 1.54) is 4.90 Å². The highest BCUT2D eigenvalue weighted by atomic mass is 16.4. The fraction of sp³-hybridized carbons (Fsp3) is 0.643. The minimum Gasteiger partial charge on any atom is -0.480 e. The molecule has 0 bridgehead atoms. The number of anilines is 1. The summed E-state index contributed by atoms with van der Waals surface area (Å²) in [6.45, 7) is 9.38. The van der Waals surface area contributed by atoms with Gasteiger partial charge in [0.25, 0.3) is 0 Å². The number of rotatable bonds is 5. The van der Waals surface area contributed by atoms with E-state index in [9.17, 15) is 9.59 Å². The van der Waals surface area contributed by atoms with Gasteiger partial charge < -0.3 is 10.4 Å². The van der Waals surface area contributed by atoms with E-state index in [1.54, 1.807) is 24.7 Å². The number of hydrogen-bond donors (Lipinski definition) is 2. The van der Waals surface area contributed by atoms with E-state index < -0.39 is 12.0 Å². The fourth-order valence-corrected chi connectivity index (χ4v) is 1.83. The summed E-state index contributed by atoms with van der Waals surface area (Å²) in [5.74, 6) is -0.613. The molecule has 1 amide bonds. The van der Waals surface area contributed by atoms with Gasteiger partial charge in [-0.05, 0) is 41.7 Å². The van der Waals surface area contributed by atoms with E-state index in [0.29, 0.717) is 5.82 Å². The molecule has 1 atom stereocenters. The normalized spacial score (nSPS) is 13.3. The Morgan fingerprint density at radius 1 is 1.48 bits per heavy atom. The lowest BCUT2D eigenvalue weighted by Gasteiger charge is -2.24. The number of aliphatic carboxylic acids is 1. The third-order valence-electron chi connectivity index (χ3n) is 3.15. The Morgan fingerprint density at radius 2 is 2.05 bits per heavy atom. The number of aromatic nitrogens is 2. The first-order valence-electron chi connectivity index (χ1n) is 6.82. The number of amides is 1. The van der Waals surface area contributed by atoms with Crippen LogP contribution >= 0.6 is 0 Å². The average Bonchev–Trinajstić information content (AvgIpc) is 2.68. The summed E-state index contributed by atoms with van der Waals surface area (Å²) in [4.78, 5) is 24.4. The lowest BCUT2D eigenvalue weighted by Crippen LogP contribution is -2.41. The van der Waals surface area contributed by atoms with Crippen molar-refractivity contribution in [2.45, 2.75) is 46.2 Å². The maximum absolute atomic E-state index is 12.1. The van der Waals surface area contributed by atoms with Crippen LogP contribution in [0.15, 0.2) is 6.07 Å². The molecule has 0 spiro atoms. The number of aryl methyl sites for hydroxylation is 1. The maximum Gasteiger partial charge on any atom is 0.320 e. The first-order chi connectivity index (χ1) is 9.52. The van der Waals surface area contributed by atoms with Crippen molar-refractivity contribution in [2.75, 3.05) is 18.9 Å². The van der Waals surface area contributed by atoms with Crippen molar-refractivity contribution in [1.29, 1.82) is 0 Å². The van der Waals surface area contributed by atoms with Gasteiger partial charge in [0.05, 0.1) is 17.8 Å². The molecule has 0 aliphatic rings. The second-order valence-electron chi connectivity index (χ2n) is 6.23. The Bertz CT molecular complexity index is 531. The van der Waals surface area contributed by atoms with Gasteiger partial charge in [0.1, 0.15) is 11.9 Å². The molecule has 0 aliphatic heterocycles. The molecule has 0 saturated carbocycles. The number of carboxylic acid groups (broad SMARTS) is 1. The molecule has 0 aliphatic carbocycles. The van der Waals surface area contributed by atoms with Crippen LogP contribution in [0.4, 0.5) is 5.82 Å². The Hall–Kier alpha value is -1.89. The molecule has 1 rings (SSSR count). The minimum atomic E-state index is -0.958. The lowest BCUT2D eigenvalue weighted by atomic mass is 10.1. The molecular formula is C14H24N4O3. The zero-order valence-corrected chi connectivity index (χ0v) is 13.5. The van der Waals surface area contributed by atoms with Crippen molar-refractivity contribution >= 4 is 17.7 Å². The largest absolute Gasteiger partial charge is 0.480 e. The van der Waals surface area contributed by atoms with Crippen molar-refractivity contribution in [3.05, 3.63) is 11.8 Å². The molecular weight excluding hydrogens is 272 g/mol. The molecule has 1 aromatic rings. The number of carbonyl (C=O) groups is 2. The van der Waals surface area contributed by atoms with Crippen molar-refractivity contribution < 1.29 is 14.7 Å². The van der Waals surface area contributed by atoms with Crippen LogP contribution in [-0.2, 0) is 15.1 Å². The summed E-state index contributed by atoms with van der Waals surface area (Å²) in [5.41, 5.74) is 0.560. The SMILES string of the molecule is Cc1cc(NC(=O)CN(C)C(C)C(=O)O)n(C(C)(C)C)n1. The van der Waals surface area contributed by atoms with Gasteiger partial charge in [0, 0.05) is 6.07 Å². The summed E-state index contributed by atoms with van der Waals surface area (Å²) < 4.78 is 1.75. The molecule has 7 nitrogen and oxygen atoms in total. The monoisotopic (exact) mass is 296 g/mol. The highest BCUT2D eigenvalue weighted by Crippen LogP contribution is 2.21. The van der Waals surface area contributed by atoms with Gasteiger partial charge in [-0.15, -0.1) is 0 Å². The Labute approximate surface area is 124 Å². The quantitative estimate of drug-likeness (QED) is 0.855. The van der Waals surface area contributed by atoms with Gasteiger partial charge in [0.2, 0.25) is 5.91 Å². The molecule has 0 aromatic carbocycles. The predicted molar refractivity (Wildman–Crippen MR) is 80.3 cm³/mol. The van der Waals surface area contributed by atoms with E-state index in [-0.39, 0.29) is 18.0 Å². The molecule has 1 unspecified atom stereocenters. The van der Waals surface area contributed by atoms with Crippen LogP contribution < -0.4 is 5.32 Å². The maximum atomic E-state index is 12.1. The van der Waals surface area contributed by atoms with Gasteiger partial charge in [0.15, 0.2) is 0 Å². The van der Waals surface area contributed by atoms with Crippen LogP contribution in [0.2, 0.25) is 0 Å². The van der Waals surface area contributed by atoms with E-state index in [0.717, 1.165) is 5.69 Å². The Morgan fingerprint density at radius 3 is 2.52 bits per heavy atom. The zero-order chi connectivity index (χ0) is 16.4. The molecule has 1 heterocycles. The van der Waals surface area contributed by atoms with Crippen LogP contribution in [0, 0.1) is 6.92 Å². The second-order valence-corrected chi connectivity index (χ2v) is 6.23. The molecule has 0 fully saturated rings.